The molecule has 2 unspecified atom stereocenters. The zero-order valence-corrected chi connectivity index (χ0v) is 15.2. The predicted molar refractivity (Wildman–Crippen MR) is 95.3 cm³/mol. The molecule has 1 aromatic rings. The lowest BCUT2D eigenvalue weighted by atomic mass is 9.85. The number of nitrogens with one attached hydrogen (secondary N) is 1. The topological polar surface area (TPSA) is 66.5 Å². The van der Waals surface area contributed by atoms with E-state index >= 15 is 0 Å². The van der Waals surface area contributed by atoms with Crippen molar-refractivity contribution in [2.45, 2.75) is 43.5 Å². The quantitative estimate of drug-likeness (QED) is 0.802. The highest BCUT2D eigenvalue weighted by atomic mass is 32.2. The molecule has 1 aliphatic rings. The first-order valence-corrected chi connectivity index (χ1v) is 9.83. The van der Waals surface area contributed by atoms with Gasteiger partial charge in [0.25, 0.3) is 5.91 Å². The van der Waals surface area contributed by atoms with Gasteiger partial charge >= 0.3 is 0 Å². The molecule has 0 spiro atoms. The van der Waals surface area contributed by atoms with Crippen LogP contribution in [0.4, 0.5) is 0 Å². The average molecular weight is 350 g/mol. The van der Waals surface area contributed by atoms with Crippen LogP contribution in [-0.4, -0.2) is 38.9 Å². The van der Waals surface area contributed by atoms with Crippen LogP contribution in [0.3, 0.4) is 0 Å². The second kappa shape index (κ2) is 7.94. The van der Waals surface area contributed by atoms with Crippen molar-refractivity contribution in [2.75, 3.05) is 13.6 Å². The lowest BCUT2D eigenvalue weighted by Crippen LogP contribution is -2.42. The lowest BCUT2D eigenvalue weighted by Gasteiger charge is -2.36. The first kappa shape index (κ1) is 18.7. The molecular formula is C18H26N2O3S. The molecule has 0 radical (unpaired) electrons. The zero-order valence-electron chi connectivity index (χ0n) is 14.4. The highest BCUT2D eigenvalue weighted by Gasteiger charge is 2.28. The van der Waals surface area contributed by atoms with Gasteiger partial charge in [-0.2, -0.15) is 0 Å². The van der Waals surface area contributed by atoms with E-state index < -0.39 is 10.0 Å². The van der Waals surface area contributed by atoms with Crippen LogP contribution >= 0.6 is 0 Å². The molecule has 1 aromatic carbocycles. The van der Waals surface area contributed by atoms with Gasteiger partial charge in [0.05, 0.1) is 4.90 Å². The second-order valence-corrected chi connectivity index (χ2v) is 8.18. The third kappa shape index (κ3) is 4.24. The molecule has 0 aliphatic heterocycles. The van der Waals surface area contributed by atoms with E-state index in [0.29, 0.717) is 11.5 Å². The van der Waals surface area contributed by atoms with E-state index in [4.69, 9.17) is 0 Å². The summed E-state index contributed by atoms with van der Waals surface area (Å²) in [6.45, 7) is 5.82. The summed E-state index contributed by atoms with van der Waals surface area (Å²) in [7, 11) is -1.82. The highest BCUT2D eigenvalue weighted by Crippen LogP contribution is 2.28. The van der Waals surface area contributed by atoms with Gasteiger partial charge in [0.15, 0.2) is 0 Å². The van der Waals surface area contributed by atoms with Crippen LogP contribution < -0.4 is 4.72 Å². The van der Waals surface area contributed by atoms with E-state index in [0.717, 1.165) is 19.3 Å². The molecule has 1 aliphatic carbocycles. The third-order valence-corrected chi connectivity index (χ3v) is 6.11. The molecule has 1 saturated carbocycles. The number of hydrogen-bond donors (Lipinski definition) is 1. The van der Waals surface area contributed by atoms with E-state index in [1.165, 1.54) is 24.6 Å². The Morgan fingerprint density at radius 2 is 2.08 bits per heavy atom. The minimum Gasteiger partial charge on any atom is -0.338 e. The van der Waals surface area contributed by atoms with Gasteiger partial charge in [-0.25, -0.2) is 13.1 Å². The molecule has 1 fully saturated rings. The molecule has 0 aromatic heterocycles. The Morgan fingerprint density at radius 3 is 2.75 bits per heavy atom. The van der Waals surface area contributed by atoms with Crippen molar-refractivity contribution < 1.29 is 13.2 Å². The van der Waals surface area contributed by atoms with E-state index in [2.05, 4.69) is 18.2 Å². The van der Waals surface area contributed by atoms with Gasteiger partial charge in [-0.05, 0) is 37.0 Å². The molecule has 0 heterocycles. The Bertz CT molecular complexity index is 700. The molecule has 2 atom stereocenters. The fraction of sp³-hybridized carbons (Fsp3) is 0.500. The van der Waals surface area contributed by atoms with Gasteiger partial charge in [0, 0.05) is 25.2 Å². The van der Waals surface area contributed by atoms with Gasteiger partial charge in [-0.15, -0.1) is 6.58 Å². The van der Waals surface area contributed by atoms with E-state index in [9.17, 15) is 13.2 Å². The molecule has 24 heavy (non-hydrogen) atoms. The maximum absolute atomic E-state index is 12.8. The molecular weight excluding hydrogens is 324 g/mol. The normalized spacial score (nSPS) is 21.2. The smallest absolute Gasteiger partial charge is 0.253 e. The number of sulfonamides is 1. The van der Waals surface area contributed by atoms with Crippen molar-refractivity contribution in [3.63, 3.8) is 0 Å². The summed E-state index contributed by atoms with van der Waals surface area (Å²) < 4.78 is 26.8. The first-order valence-electron chi connectivity index (χ1n) is 8.34. The summed E-state index contributed by atoms with van der Waals surface area (Å²) >= 11 is 0. The monoisotopic (exact) mass is 350 g/mol. The molecule has 5 nitrogen and oxygen atoms in total. The summed E-state index contributed by atoms with van der Waals surface area (Å²) in [6, 6.07) is 6.42. The summed E-state index contributed by atoms with van der Waals surface area (Å²) in [5.74, 6) is 0.336. The van der Waals surface area contributed by atoms with Crippen molar-refractivity contribution in [3.05, 3.63) is 42.5 Å². The molecule has 132 valence electrons. The maximum Gasteiger partial charge on any atom is 0.253 e. The molecule has 0 saturated heterocycles. The SMILES string of the molecule is C=CCNS(=O)(=O)c1cccc(C(=O)N(C)C2CCCCC2C)c1. The van der Waals surface area contributed by atoms with Crippen molar-refractivity contribution in [2.24, 2.45) is 5.92 Å². The molecule has 1 amide bonds. The van der Waals surface area contributed by atoms with E-state index in [-0.39, 0.29) is 23.4 Å². The third-order valence-electron chi connectivity index (χ3n) is 4.69. The minimum atomic E-state index is -3.63. The predicted octanol–water partition coefficient (Wildman–Crippen LogP) is 2.80. The largest absolute Gasteiger partial charge is 0.338 e. The van der Waals surface area contributed by atoms with Crippen LogP contribution in [0.5, 0.6) is 0 Å². The Balaban J connectivity index is 2.21. The standard InChI is InChI=1S/C18H26N2O3S/c1-4-12-19-24(22,23)16-10-7-9-15(13-16)18(21)20(3)17-11-6-5-8-14(17)2/h4,7,9-10,13-14,17,19H,1,5-6,8,11-12H2,2-3H3. The molecule has 0 bridgehead atoms. The van der Waals surface area contributed by atoms with E-state index in [1.807, 2.05) is 7.05 Å². The summed E-state index contributed by atoms with van der Waals surface area (Å²) in [6.07, 6.45) is 5.95. The first-order chi connectivity index (χ1) is 11.4. The Kier molecular flexibility index (Phi) is 6.18. The molecule has 6 heteroatoms. The molecule has 2 rings (SSSR count). The number of nitrogens with zero attached hydrogens (tertiary/aromatic N) is 1. The number of amides is 1. The Morgan fingerprint density at radius 1 is 1.38 bits per heavy atom. The van der Waals surface area contributed by atoms with Gasteiger partial charge in [0.1, 0.15) is 0 Å². The Labute approximate surface area is 144 Å². The van der Waals surface area contributed by atoms with Crippen molar-refractivity contribution in [3.8, 4) is 0 Å². The molecule has 1 N–H and O–H groups in total. The van der Waals surface area contributed by atoms with Crippen LogP contribution in [0.1, 0.15) is 43.0 Å². The van der Waals surface area contributed by atoms with Gasteiger partial charge in [-0.3, -0.25) is 4.79 Å². The number of benzene rings is 1. The average Bonchev–Trinajstić information content (AvgIpc) is 2.59. The van der Waals surface area contributed by atoms with Crippen LogP contribution in [0.25, 0.3) is 0 Å². The lowest BCUT2D eigenvalue weighted by molar-refractivity contribution is 0.0628. The number of carbonyl (C=O) groups excluding carboxylic acids is 1. The van der Waals surface area contributed by atoms with E-state index in [1.54, 1.807) is 17.0 Å². The fourth-order valence-corrected chi connectivity index (χ4v) is 4.32. The highest BCUT2D eigenvalue weighted by molar-refractivity contribution is 7.89. The summed E-state index contributed by atoms with van der Waals surface area (Å²) in [5, 5.41) is 0. The van der Waals surface area contributed by atoms with Crippen molar-refractivity contribution in [1.29, 1.82) is 0 Å². The Hall–Kier alpha value is -1.66. The summed E-state index contributed by atoms with van der Waals surface area (Å²) in [5.41, 5.74) is 0.400. The van der Waals surface area contributed by atoms with Crippen LogP contribution in [0.15, 0.2) is 41.8 Å². The summed E-state index contributed by atoms with van der Waals surface area (Å²) in [4.78, 5) is 14.6. The number of rotatable bonds is 6. The van der Waals surface area contributed by atoms with Crippen LogP contribution in [-0.2, 0) is 10.0 Å². The second-order valence-electron chi connectivity index (χ2n) is 6.41. The van der Waals surface area contributed by atoms with Gasteiger partial charge < -0.3 is 4.90 Å². The fourth-order valence-electron chi connectivity index (χ4n) is 3.27. The maximum atomic E-state index is 12.8. The van der Waals surface area contributed by atoms with Gasteiger partial charge in [0.2, 0.25) is 10.0 Å². The van der Waals surface area contributed by atoms with Gasteiger partial charge in [-0.1, -0.05) is 31.9 Å². The van der Waals surface area contributed by atoms with Crippen LogP contribution in [0.2, 0.25) is 0 Å². The minimum absolute atomic E-state index is 0.0975. The number of carbonyl (C=O) groups is 1. The number of hydrogen-bond acceptors (Lipinski definition) is 3. The van der Waals surface area contributed by atoms with Crippen molar-refractivity contribution in [1.82, 2.24) is 9.62 Å². The van der Waals surface area contributed by atoms with Crippen molar-refractivity contribution >= 4 is 15.9 Å². The zero-order chi connectivity index (χ0) is 17.7. The van der Waals surface area contributed by atoms with Crippen LogP contribution in [0, 0.1) is 5.92 Å².